The van der Waals surface area contributed by atoms with E-state index < -0.39 is 0 Å². The predicted molar refractivity (Wildman–Crippen MR) is 106 cm³/mol. The maximum Gasteiger partial charge on any atom is 0.224 e. The Balaban J connectivity index is 1.35. The molecule has 2 amide bonds. The van der Waals surface area contributed by atoms with Crippen LogP contribution in [0.5, 0.6) is 0 Å². The molecule has 138 valence electrons. The van der Waals surface area contributed by atoms with E-state index in [9.17, 15) is 9.59 Å². The number of nitrogens with zero attached hydrogens (tertiary/aromatic N) is 1. The standard InChI is InChI=1S/C22H23N3O2/c26-21(11-10-17-14-23-20-8-2-1-7-19(17)20)24-18-6-3-5-16(13-18)15-25-12-4-9-22(25)27/h1-3,5-8,13-14,23H,4,9-12,15H2,(H,24,26). The first-order valence-corrected chi connectivity index (χ1v) is 9.40. The van der Waals surface area contributed by atoms with Gasteiger partial charge in [-0.25, -0.2) is 0 Å². The average Bonchev–Trinajstić information content (AvgIpc) is 3.27. The summed E-state index contributed by atoms with van der Waals surface area (Å²) < 4.78 is 0. The lowest BCUT2D eigenvalue weighted by Gasteiger charge is -2.16. The zero-order chi connectivity index (χ0) is 18.6. The summed E-state index contributed by atoms with van der Waals surface area (Å²) in [4.78, 5) is 29.3. The number of rotatable bonds is 6. The van der Waals surface area contributed by atoms with Gasteiger partial charge in [0.25, 0.3) is 0 Å². The molecule has 0 spiro atoms. The van der Waals surface area contributed by atoms with Crippen molar-refractivity contribution in [2.45, 2.75) is 32.2 Å². The highest BCUT2D eigenvalue weighted by molar-refractivity contribution is 5.91. The number of nitrogens with one attached hydrogen (secondary N) is 2. The van der Waals surface area contributed by atoms with Crippen molar-refractivity contribution in [1.82, 2.24) is 9.88 Å². The maximum atomic E-state index is 12.4. The summed E-state index contributed by atoms with van der Waals surface area (Å²) in [5.41, 5.74) is 4.07. The second-order valence-corrected chi connectivity index (χ2v) is 7.03. The van der Waals surface area contributed by atoms with Crippen LogP contribution < -0.4 is 5.32 Å². The van der Waals surface area contributed by atoms with Gasteiger partial charge in [0.2, 0.25) is 11.8 Å². The fourth-order valence-corrected chi connectivity index (χ4v) is 3.65. The number of aromatic nitrogens is 1. The van der Waals surface area contributed by atoms with Gasteiger partial charge >= 0.3 is 0 Å². The number of H-pyrrole nitrogens is 1. The zero-order valence-electron chi connectivity index (χ0n) is 15.2. The third-order valence-electron chi connectivity index (χ3n) is 5.05. The maximum absolute atomic E-state index is 12.4. The van der Waals surface area contributed by atoms with Crippen LogP contribution in [-0.2, 0) is 22.6 Å². The van der Waals surface area contributed by atoms with Crippen molar-refractivity contribution >= 4 is 28.4 Å². The quantitative estimate of drug-likeness (QED) is 0.700. The molecule has 2 N–H and O–H groups in total. The van der Waals surface area contributed by atoms with Gasteiger partial charge in [-0.15, -0.1) is 0 Å². The topological polar surface area (TPSA) is 65.2 Å². The summed E-state index contributed by atoms with van der Waals surface area (Å²) in [5.74, 6) is 0.206. The molecule has 0 radical (unpaired) electrons. The van der Waals surface area contributed by atoms with Crippen molar-refractivity contribution in [3.8, 4) is 0 Å². The molecule has 0 aliphatic carbocycles. The van der Waals surface area contributed by atoms with Gasteiger partial charge in [-0.2, -0.15) is 0 Å². The number of anilines is 1. The molecule has 3 aromatic rings. The first-order chi connectivity index (χ1) is 13.2. The van der Waals surface area contributed by atoms with Crippen molar-refractivity contribution in [2.75, 3.05) is 11.9 Å². The van der Waals surface area contributed by atoms with E-state index in [2.05, 4.69) is 16.4 Å². The monoisotopic (exact) mass is 361 g/mol. The van der Waals surface area contributed by atoms with Gasteiger partial charge < -0.3 is 15.2 Å². The van der Waals surface area contributed by atoms with Gasteiger partial charge in [-0.3, -0.25) is 9.59 Å². The molecule has 27 heavy (non-hydrogen) atoms. The number of likely N-dealkylation sites (tertiary alicyclic amines) is 1. The van der Waals surface area contributed by atoms with Crippen LogP contribution >= 0.6 is 0 Å². The van der Waals surface area contributed by atoms with Crippen LogP contribution in [0.4, 0.5) is 5.69 Å². The van der Waals surface area contributed by atoms with Crippen LogP contribution in [0.2, 0.25) is 0 Å². The van der Waals surface area contributed by atoms with Crippen LogP contribution in [-0.4, -0.2) is 28.2 Å². The molecule has 0 saturated carbocycles. The van der Waals surface area contributed by atoms with E-state index in [4.69, 9.17) is 0 Å². The number of aryl methyl sites for hydroxylation is 1. The Morgan fingerprint density at radius 2 is 2.04 bits per heavy atom. The number of aromatic amines is 1. The molecule has 0 unspecified atom stereocenters. The second kappa shape index (κ2) is 7.66. The number of carbonyl (C=O) groups excluding carboxylic acids is 2. The lowest BCUT2D eigenvalue weighted by atomic mass is 10.1. The Labute approximate surface area is 158 Å². The molecular weight excluding hydrogens is 338 g/mol. The minimum atomic E-state index is -0.00493. The van der Waals surface area contributed by atoms with Gasteiger partial charge in [0, 0.05) is 48.7 Å². The van der Waals surface area contributed by atoms with E-state index >= 15 is 0 Å². The molecule has 4 rings (SSSR count). The van der Waals surface area contributed by atoms with E-state index in [0.29, 0.717) is 25.8 Å². The van der Waals surface area contributed by atoms with Gasteiger partial charge in [0.05, 0.1) is 0 Å². The highest BCUT2D eigenvalue weighted by Crippen LogP contribution is 2.20. The molecule has 1 fully saturated rings. The lowest BCUT2D eigenvalue weighted by molar-refractivity contribution is -0.128. The lowest BCUT2D eigenvalue weighted by Crippen LogP contribution is -2.23. The number of fused-ring (bicyclic) bond motifs is 1. The Morgan fingerprint density at radius 1 is 1.15 bits per heavy atom. The minimum Gasteiger partial charge on any atom is -0.361 e. The molecule has 2 aromatic carbocycles. The zero-order valence-corrected chi connectivity index (χ0v) is 15.2. The molecule has 0 atom stereocenters. The molecule has 1 aliphatic heterocycles. The fraction of sp³-hybridized carbons (Fsp3) is 0.273. The van der Waals surface area contributed by atoms with Crippen LogP contribution in [0.3, 0.4) is 0 Å². The highest BCUT2D eigenvalue weighted by atomic mass is 16.2. The highest BCUT2D eigenvalue weighted by Gasteiger charge is 2.20. The van der Waals surface area contributed by atoms with Crippen LogP contribution in [0.1, 0.15) is 30.4 Å². The van der Waals surface area contributed by atoms with Gasteiger partial charge in [0.15, 0.2) is 0 Å². The molecule has 1 saturated heterocycles. The Bertz CT molecular complexity index is 976. The predicted octanol–water partition coefficient (Wildman–Crippen LogP) is 3.86. The summed E-state index contributed by atoms with van der Waals surface area (Å²) in [6.07, 6.45) is 4.67. The molecule has 5 nitrogen and oxygen atoms in total. The van der Waals surface area contributed by atoms with E-state index in [-0.39, 0.29) is 11.8 Å². The van der Waals surface area contributed by atoms with Crippen molar-refractivity contribution in [3.05, 3.63) is 65.9 Å². The molecule has 1 aliphatic rings. The van der Waals surface area contributed by atoms with Crippen molar-refractivity contribution in [1.29, 1.82) is 0 Å². The Morgan fingerprint density at radius 3 is 2.89 bits per heavy atom. The van der Waals surface area contributed by atoms with Gasteiger partial charge in [-0.05, 0) is 42.2 Å². The van der Waals surface area contributed by atoms with Crippen molar-refractivity contribution in [2.24, 2.45) is 0 Å². The van der Waals surface area contributed by atoms with Gasteiger partial charge in [0.1, 0.15) is 0 Å². The fourth-order valence-electron chi connectivity index (χ4n) is 3.65. The number of para-hydroxylation sites is 1. The number of hydrogen-bond donors (Lipinski definition) is 2. The summed E-state index contributed by atoms with van der Waals surface area (Å²) in [6, 6.07) is 15.9. The second-order valence-electron chi connectivity index (χ2n) is 7.03. The van der Waals surface area contributed by atoms with Gasteiger partial charge in [-0.1, -0.05) is 30.3 Å². The number of hydrogen-bond acceptors (Lipinski definition) is 2. The SMILES string of the molecule is O=C(CCc1c[nH]c2ccccc12)Nc1cccc(CN2CCCC2=O)c1. The van der Waals surface area contributed by atoms with E-state index in [0.717, 1.165) is 35.3 Å². The smallest absolute Gasteiger partial charge is 0.224 e. The Kier molecular flexibility index (Phi) is 4.92. The first kappa shape index (κ1) is 17.3. The number of carbonyl (C=O) groups is 2. The minimum absolute atomic E-state index is 0.00493. The van der Waals surface area contributed by atoms with E-state index in [1.807, 2.05) is 53.6 Å². The summed E-state index contributed by atoms with van der Waals surface area (Å²) in [7, 11) is 0. The van der Waals surface area contributed by atoms with E-state index in [1.54, 1.807) is 0 Å². The molecular formula is C22H23N3O2. The molecule has 0 bridgehead atoms. The summed E-state index contributed by atoms with van der Waals surface area (Å²) in [5, 5.41) is 4.15. The van der Waals surface area contributed by atoms with Crippen LogP contribution in [0.25, 0.3) is 10.9 Å². The third kappa shape index (κ3) is 4.03. The number of amides is 2. The van der Waals surface area contributed by atoms with Crippen molar-refractivity contribution < 1.29 is 9.59 Å². The number of benzene rings is 2. The molecule has 5 heteroatoms. The summed E-state index contributed by atoms with van der Waals surface area (Å²) in [6.45, 7) is 1.43. The van der Waals surface area contributed by atoms with Crippen molar-refractivity contribution in [3.63, 3.8) is 0 Å². The Hall–Kier alpha value is -3.08. The molecule has 1 aromatic heterocycles. The summed E-state index contributed by atoms with van der Waals surface area (Å²) >= 11 is 0. The average molecular weight is 361 g/mol. The first-order valence-electron chi connectivity index (χ1n) is 9.40. The van der Waals surface area contributed by atoms with Crippen LogP contribution in [0.15, 0.2) is 54.7 Å². The largest absolute Gasteiger partial charge is 0.361 e. The normalized spacial score (nSPS) is 14.1. The third-order valence-corrected chi connectivity index (χ3v) is 5.05. The van der Waals surface area contributed by atoms with E-state index in [1.165, 1.54) is 5.39 Å². The molecule has 2 heterocycles. The van der Waals surface area contributed by atoms with Crippen LogP contribution in [0, 0.1) is 0 Å².